The molecule has 0 saturated heterocycles. The van der Waals surface area contributed by atoms with Crippen LogP contribution in [0.5, 0.6) is 5.75 Å². The van der Waals surface area contributed by atoms with Gasteiger partial charge in [0.25, 0.3) is 0 Å². The summed E-state index contributed by atoms with van der Waals surface area (Å²) in [5, 5.41) is 2.48. The smallest absolute Gasteiger partial charge is 0.145 e. The van der Waals surface area contributed by atoms with Crippen LogP contribution in [0.3, 0.4) is 0 Å². The Kier molecular flexibility index (Phi) is 5.78. The molecule has 0 amide bonds. The minimum atomic E-state index is 0.523. The molecule has 0 aliphatic heterocycles. The summed E-state index contributed by atoms with van der Waals surface area (Å²) in [6.45, 7) is 6.78. The van der Waals surface area contributed by atoms with Gasteiger partial charge in [-0.05, 0) is 6.42 Å². The van der Waals surface area contributed by atoms with Gasteiger partial charge < -0.3 is 4.74 Å². The fraction of sp³-hybridized carbons (Fsp3) is 0.357. The molecule has 92 valence electrons. The molecule has 0 bridgehead atoms. The highest BCUT2D eigenvalue weighted by Gasteiger charge is 2.05. The lowest BCUT2D eigenvalue weighted by atomic mass is 10.2. The lowest BCUT2D eigenvalue weighted by Crippen LogP contribution is -1.96. The lowest BCUT2D eigenvalue weighted by molar-refractivity contribution is 0.320. The van der Waals surface area contributed by atoms with Gasteiger partial charge in [0.2, 0.25) is 0 Å². The Morgan fingerprint density at radius 3 is 2.47 bits per heavy atom. The molecule has 3 heteroatoms. The number of aromatic nitrogens is 1. The highest BCUT2D eigenvalue weighted by atomic mass is 35.5. The molecule has 0 fully saturated rings. The van der Waals surface area contributed by atoms with Crippen molar-refractivity contribution in [2.24, 2.45) is 0 Å². The monoisotopic (exact) mass is 251 g/mol. The van der Waals surface area contributed by atoms with E-state index >= 15 is 0 Å². The van der Waals surface area contributed by atoms with Crippen LogP contribution < -0.4 is 4.74 Å². The standard InChI is InChI=1S/C12H12ClNO.C2H6/c1-2-7-15-11-8-14-12(13)10-6-4-3-5-9(10)11;1-2/h3-6,8H,2,7H2,1H3;1-2H3. The number of hydrogen-bond acceptors (Lipinski definition) is 2. The third kappa shape index (κ3) is 3.34. The Morgan fingerprint density at radius 2 is 1.82 bits per heavy atom. The number of halogens is 1. The highest BCUT2D eigenvalue weighted by Crippen LogP contribution is 2.29. The first-order valence-electron chi connectivity index (χ1n) is 5.99. The van der Waals surface area contributed by atoms with Gasteiger partial charge in [-0.3, -0.25) is 0 Å². The molecule has 2 aromatic rings. The first kappa shape index (κ1) is 13.8. The highest BCUT2D eigenvalue weighted by molar-refractivity contribution is 6.34. The number of ether oxygens (including phenoxy) is 1. The minimum absolute atomic E-state index is 0.523. The molecule has 0 atom stereocenters. The maximum Gasteiger partial charge on any atom is 0.145 e. The lowest BCUT2D eigenvalue weighted by Gasteiger charge is -2.08. The van der Waals surface area contributed by atoms with E-state index in [9.17, 15) is 0 Å². The molecule has 17 heavy (non-hydrogen) atoms. The predicted octanol–water partition coefficient (Wildman–Crippen LogP) is 4.70. The van der Waals surface area contributed by atoms with E-state index in [0.717, 1.165) is 22.9 Å². The van der Waals surface area contributed by atoms with E-state index in [4.69, 9.17) is 16.3 Å². The number of rotatable bonds is 3. The van der Waals surface area contributed by atoms with Gasteiger partial charge in [-0.15, -0.1) is 0 Å². The zero-order chi connectivity index (χ0) is 12.7. The SMILES string of the molecule is CC.CCCOc1cnc(Cl)c2ccccc12. The fourth-order valence-electron chi connectivity index (χ4n) is 1.46. The van der Waals surface area contributed by atoms with Gasteiger partial charge in [-0.25, -0.2) is 4.98 Å². The number of fused-ring (bicyclic) bond motifs is 1. The fourth-order valence-corrected chi connectivity index (χ4v) is 1.67. The van der Waals surface area contributed by atoms with Gasteiger partial charge in [-0.1, -0.05) is 56.6 Å². The zero-order valence-corrected chi connectivity index (χ0v) is 11.3. The second kappa shape index (κ2) is 7.13. The third-order valence-electron chi connectivity index (χ3n) is 2.17. The van der Waals surface area contributed by atoms with Crippen LogP contribution in [0.1, 0.15) is 27.2 Å². The quantitative estimate of drug-likeness (QED) is 0.738. The topological polar surface area (TPSA) is 22.1 Å². The number of nitrogens with zero attached hydrogens (tertiary/aromatic N) is 1. The number of pyridine rings is 1. The summed E-state index contributed by atoms with van der Waals surface area (Å²) in [4.78, 5) is 4.10. The van der Waals surface area contributed by atoms with Crippen molar-refractivity contribution < 1.29 is 4.74 Å². The van der Waals surface area contributed by atoms with Crippen LogP contribution in [-0.4, -0.2) is 11.6 Å². The van der Waals surface area contributed by atoms with Crippen molar-refractivity contribution in [1.82, 2.24) is 4.98 Å². The van der Waals surface area contributed by atoms with Crippen molar-refractivity contribution in [2.75, 3.05) is 6.61 Å². The van der Waals surface area contributed by atoms with Gasteiger partial charge in [0.05, 0.1) is 12.8 Å². The molecule has 1 aromatic carbocycles. The molecular formula is C14H18ClNO. The van der Waals surface area contributed by atoms with E-state index in [1.165, 1.54) is 0 Å². The minimum Gasteiger partial charge on any atom is -0.491 e. The summed E-state index contributed by atoms with van der Waals surface area (Å²) in [6.07, 6.45) is 2.66. The maximum absolute atomic E-state index is 6.00. The van der Waals surface area contributed by atoms with E-state index in [0.29, 0.717) is 11.8 Å². The molecule has 1 aromatic heterocycles. The summed E-state index contributed by atoms with van der Waals surface area (Å²) < 4.78 is 5.60. The van der Waals surface area contributed by atoms with Crippen LogP contribution in [0.4, 0.5) is 0 Å². The Bertz CT molecular complexity index is 471. The molecule has 0 unspecified atom stereocenters. The second-order valence-corrected chi connectivity index (χ2v) is 3.67. The second-order valence-electron chi connectivity index (χ2n) is 3.31. The molecular weight excluding hydrogens is 234 g/mol. The summed E-state index contributed by atoms with van der Waals surface area (Å²) >= 11 is 6.00. The van der Waals surface area contributed by atoms with Gasteiger partial charge in [0.1, 0.15) is 10.9 Å². The summed E-state index contributed by atoms with van der Waals surface area (Å²) in [7, 11) is 0. The first-order valence-corrected chi connectivity index (χ1v) is 6.36. The molecule has 0 aliphatic carbocycles. The van der Waals surface area contributed by atoms with Gasteiger partial charge in [0.15, 0.2) is 0 Å². The van der Waals surface area contributed by atoms with Gasteiger partial charge >= 0.3 is 0 Å². The van der Waals surface area contributed by atoms with Crippen molar-refractivity contribution in [3.63, 3.8) is 0 Å². The van der Waals surface area contributed by atoms with Crippen molar-refractivity contribution in [3.05, 3.63) is 35.6 Å². The molecule has 1 heterocycles. The number of benzene rings is 1. The molecule has 2 rings (SSSR count). The van der Waals surface area contributed by atoms with Crippen molar-refractivity contribution in [3.8, 4) is 5.75 Å². The maximum atomic E-state index is 6.00. The van der Waals surface area contributed by atoms with Crippen LogP contribution in [0.2, 0.25) is 5.15 Å². The predicted molar refractivity (Wildman–Crippen MR) is 73.9 cm³/mol. The molecule has 2 nitrogen and oxygen atoms in total. The summed E-state index contributed by atoms with van der Waals surface area (Å²) in [6, 6.07) is 7.86. The van der Waals surface area contributed by atoms with E-state index in [1.807, 2.05) is 38.1 Å². The first-order chi connectivity index (χ1) is 8.33. The largest absolute Gasteiger partial charge is 0.491 e. The molecule has 0 N–H and O–H groups in total. The molecule has 0 aliphatic rings. The Balaban J connectivity index is 0.000000686. The number of hydrogen-bond donors (Lipinski definition) is 0. The van der Waals surface area contributed by atoms with Crippen molar-refractivity contribution in [2.45, 2.75) is 27.2 Å². The molecule has 0 spiro atoms. The Hall–Kier alpha value is -1.28. The van der Waals surface area contributed by atoms with Crippen LogP contribution in [0.15, 0.2) is 30.5 Å². The van der Waals surface area contributed by atoms with Gasteiger partial charge in [0, 0.05) is 10.8 Å². The zero-order valence-electron chi connectivity index (χ0n) is 10.5. The van der Waals surface area contributed by atoms with Crippen LogP contribution in [-0.2, 0) is 0 Å². The van der Waals surface area contributed by atoms with Crippen molar-refractivity contribution in [1.29, 1.82) is 0 Å². The van der Waals surface area contributed by atoms with Crippen LogP contribution in [0.25, 0.3) is 10.8 Å². The van der Waals surface area contributed by atoms with Crippen LogP contribution in [0, 0.1) is 0 Å². The van der Waals surface area contributed by atoms with E-state index in [1.54, 1.807) is 6.20 Å². The molecule has 0 saturated carbocycles. The van der Waals surface area contributed by atoms with Crippen molar-refractivity contribution >= 4 is 22.4 Å². The third-order valence-corrected chi connectivity index (χ3v) is 2.47. The van der Waals surface area contributed by atoms with E-state index in [-0.39, 0.29) is 0 Å². The Labute approximate surface area is 108 Å². The normalized spacial score (nSPS) is 9.65. The summed E-state index contributed by atoms with van der Waals surface area (Å²) in [5.74, 6) is 0.803. The molecule has 0 radical (unpaired) electrons. The van der Waals surface area contributed by atoms with Gasteiger partial charge in [-0.2, -0.15) is 0 Å². The van der Waals surface area contributed by atoms with E-state index < -0.39 is 0 Å². The average Bonchev–Trinajstić information content (AvgIpc) is 2.41. The Morgan fingerprint density at radius 1 is 1.18 bits per heavy atom. The average molecular weight is 252 g/mol. The van der Waals surface area contributed by atoms with E-state index in [2.05, 4.69) is 11.9 Å². The summed E-state index contributed by atoms with van der Waals surface area (Å²) in [5.41, 5.74) is 0. The van der Waals surface area contributed by atoms with Crippen LogP contribution >= 0.6 is 11.6 Å².